The minimum atomic E-state index is 0.0850. The number of amides is 1. The molecule has 1 amide bonds. The average Bonchev–Trinajstić information content (AvgIpc) is 3.30. The van der Waals surface area contributed by atoms with Gasteiger partial charge >= 0.3 is 0 Å². The summed E-state index contributed by atoms with van der Waals surface area (Å²) in [7, 11) is 1.67. The Hall–Kier alpha value is -2.30. The second kappa shape index (κ2) is 6.30. The molecule has 0 aliphatic carbocycles. The molecule has 0 N–H and O–H groups in total. The molecule has 0 bridgehead atoms. The maximum atomic E-state index is 12.7. The van der Waals surface area contributed by atoms with Crippen LogP contribution in [0.2, 0.25) is 0 Å². The molecule has 3 heterocycles. The first-order valence-electron chi connectivity index (χ1n) is 8.74. The second-order valence-corrected chi connectivity index (χ2v) is 6.67. The number of methoxy groups -OCH3 is 1. The van der Waals surface area contributed by atoms with Gasteiger partial charge in [0.1, 0.15) is 11.6 Å². The Morgan fingerprint density at radius 2 is 1.96 bits per heavy atom. The minimum absolute atomic E-state index is 0.0850. The van der Waals surface area contributed by atoms with Crippen LogP contribution in [0.15, 0.2) is 30.5 Å². The third-order valence-corrected chi connectivity index (χ3v) is 5.21. The number of carbonyl (C=O) groups is 1. The molecule has 2 aromatic rings. The number of rotatable bonds is 3. The van der Waals surface area contributed by atoms with Crippen LogP contribution in [0.3, 0.4) is 0 Å². The predicted octanol–water partition coefficient (Wildman–Crippen LogP) is 2.74. The minimum Gasteiger partial charge on any atom is -0.497 e. The van der Waals surface area contributed by atoms with Gasteiger partial charge in [-0.3, -0.25) is 4.79 Å². The predicted molar refractivity (Wildman–Crippen MR) is 91.8 cm³/mol. The van der Waals surface area contributed by atoms with Crippen LogP contribution >= 0.6 is 0 Å². The fraction of sp³-hybridized carbons (Fsp3) is 0.474. The van der Waals surface area contributed by atoms with Crippen molar-refractivity contribution in [1.82, 2.24) is 14.5 Å². The highest BCUT2D eigenvalue weighted by Gasteiger charge is 2.31. The topological polar surface area (TPSA) is 47.4 Å². The molecule has 1 atom stereocenters. The lowest BCUT2D eigenvalue weighted by Gasteiger charge is -2.28. The maximum Gasteiger partial charge on any atom is 0.227 e. The number of ether oxygens (including phenoxy) is 1. The molecule has 2 aliphatic rings. The van der Waals surface area contributed by atoms with E-state index >= 15 is 0 Å². The number of benzene rings is 1. The van der Waals surface area contributed by atoms with E-state index in [0.29, 0.717) is 5.91 Å². The first-order chi connectivity index (χ1) is 11.8. The van der Waals surface area contributed by atoms with Gasteiger partial charge in [-0.1, -0.05) is 0 Å². The Labute approximate surface area is 142 Å². The molecule has 0 saturated carbocycles. The number of likely N-dealkylation sites (tertiary alicyclic amines) is 1. The van der Waals surface area contributed by atoms with Gasteiger partial charge < -0.3 is 14.2 Å². The molecular formula is C19H23N3O2. The number of aromatic nitrogens is 2. The van der Waals surface area contributed by atoms with Crippen molar-refractivity contribution in [2.45, 2.75) is 32.2 Å². The van der Waals surface area contributed by atoms with Crippen LogP contribution in [-0.2, 0) is 17.8 Å². The van der Waals surface area contributed by atoms with E-state index in [-0.39, 0.29) is 5.92 Å². The molecule has 0 radical (unpaired) electrons. The molecule has 24 heavy (non-hydrogen) atoms. The van der Waals surface area contributed by atoms with Crippen LogP contribution in [0.25, 0.3) is 11.3 Å². The van der Waals surface area contributed by atoms with Crippen molar-refractivity contribution in [3.8, 4) is 17.0 Å². The number of fused-ring (bicyclic) bond motifs is 1. The number of hydrogen-bond acceptors (Lipinski definition) is 3. The maximum absolute atomic E-state index is 12.7. The zero-order chi connectivity index (χ0) is 16.5. The fourth-order valence-corrected chi connectivity index (χ4v) is 3.82. The monoisotopic (exact) mass is 325 g/mol. The Kier molecular flexibility index (Phi) is 4.00. The number of imidazole rings is 1. The normalized spacial score (nSPS) is 20.0. The van der Waals surface area contributed by atoms with Crippen molar-refractivity contribution >= 4 is 5.91 Å². The van der Waals surface area contributed by atoms with Crippen LogP contribution in [0.4, 0.5) is 0 Å². The summed E-state index contributed by atoms with van der Waals surface area (Å²) in [5.74, 6) is 2.35. The SMILES string of the molecule is COc1ccc(-c2cnc3n2CC(C(=O)N2CCCC2)CC3)cc1. The quantitative estimate of drug-likeness (QED) is 0.872. The van der Waals surface area contributed by atoms with Crippen LogP contribution < -0.4 is 4.74 Å². The van der Waals surface area contributed by atoms with Crippen molar-refractivity contribution in [3.63, 3.8) is 0 Å². The standard InChI is InChI=1S/C19H23N3O2/c1-24-16-7-4-14(5-8-16)17-12-20-18-9-6-15(13-22(17)18)19(23)21-10-2-3-11-21/h4-5,7-8,12,15H,2-3,6,9-11,13H2,1H3. The summed E-state index contributed by atoms with van der Waals surface area (Å²) < 4.78 is 7.46. The van der Waals surface area contributed by atoms with Gasteiger partial charge in [0.05, 0.1) is 24.9 Å². The summed E-state index contributed by atoms with van der Waals surface area (Å²) in [4.78, 5) is 19.4. The van der Waals surface area contributed by atoms with E-state index < -0.39 is 0 Å². The van der Waals surface area contributed by atoms with Gasteiger partial charge in [0.15, 0.2) is 0 Å². The molecule has 126 valence electrons. The van der Waals surface area contributed by atoms with Crippen LogP contribution in [0, 0.1) is 5.92 Å². The smallest absolute Gasteiger partial charge is 0.227 e. The molecule has 1 unspecified atom stereocenters. The van der Waals surface area contributed by atoms with Crippen molar-refractivity contribution in [2.75, 3.05) is 20.2 Å². The average molecular weight is 325 g/mol. The molecule has 1 saturated heterocycles. The molecule has 2 aliphatic heterocycles. The van der Waals surface area contributed by atoms with E-state index in [1.807, 2.05) is 23.2 Å². The Bertz CT molecular complexity index is 730. The molecule has 5 nitrogen and oxygen atoms in total. The lowest BCUT2D eigenvalue weighted by Crippen LogP contribution is -2.38. The fourth-order valence-electron chi connectivity index (χ4n) is 3.82. The summed E-state index contributed by atoms with van der Waals surface area (Å²) >= 11 is 0. The van der Waals surface area contributed by atoms with Crippen molar-refractivity contribution in [1.29, 1.82) is 0 Å². The highest BCUT2D eigenvalue weighted by atomic mass is 16.5. The molecule has 4 rings (SSSR count). The molecular weight excluding hydrogens is 302 g/mol. The van der Waals surface area contributed by atoms with E-state index in [9.17, 15) is 4.79 Å². The van der Waals surface area contributed by atoms with Gasteiger partial charge in [0.25, 0.3) is 0 Å². The largest absolute Gasteiger partial charge is 0.497 e. The van der Waals surface area contributed by atoms with Gasteiger partial charge in [-0.25, -0.2) is 4.98 Å². The zero-order valence-electron chi connectivity index (χ0n) is 14.1. The summed E-state index contributed by atoms with van der Waals surface area (Å²) in [6.45, 7) is 2.60. The molecule has 1 aromatic carbocycles. The molecule has 0 spiro atoms. The zero-order valence-corrected chi connectivity index (χ0v) is 14.1. The van der Waals surface area contributed by atoms with Gasteiger partial charge in [-0.05, 0) is 43.5 Å². The summed E-state index contributed by atoms with van der Waals surface area (Å²) in [6.07, 6.45) is 6.01. The van der Waals surface area contributed by atoms with Crippen molar-refractivity contribution < 1.29 is 9.53 Å². The van der Waals surface area contributed by atoms with Crippen LogP contribution in [0.5, 0.6) is 5.75 Å². The number of carbonyl (C=O) groups excluding carboxylic acids is 1. The van der Waals surface area contributed by atoms with E-state index in [1.165, 1.54) is 0 Å². The van der Waals surface area contributed by atoms with Gasteiger partial charge in [0.2, 0.25) is 5.91 Å². The van der Waals surface area contributed by atoms with Crippen molar-refractivity contribution in [2.24, 2.45) is 5.92 Å². The molecule has 5 heteroatoms. The second-order valence-electron chi connectivity index (χ2n) is 6.67. The lowest BCUT2D eigenvalue weighted by atomic mass is 9.97. The van der Waals surface area contributed by atoms with Crippen molar-refractivity contribution in [3.05, 3.63) is 36.3 Å². The van der Waals surface area contributed by atoms with Crippen LogP contribution in [-0.4, -0.2) is 40.6 Å². The highest BCUT2D eigenvalue weighted by Crippen LogP contribution is 2.30. The highest BCUT2D eigenvalue weighted by molar-refractivity contribution is 5.79. The summed E-state index contributed by atoms with van der Waals surface area (Å²) in [5, 5.41) is 0. The van der Waals surface area contributed by atoms with E-state index in [4.69, 9.17) is 4.74 Å². The number of hydrogen-bond donors (Lipinski definition) is 0. The van der Waals surface area contributed by atoms with E-state index in [1.54, 1.807) is 7.11 Å². The van der Waals surface area contributed by atoms with Gasteiger partial charge in [-0.2, -0.15) is 0 Å². The number of aryl methyl sites for hydroxylation is 1. The third-order valence-electron chi connectivity index (χ3n) is 5.21. The third kappa shape index (κ3) is 2.68. The Balaban J connectivity index is 1.58. The first-order valence-corrected chi connectivity index (χ1v) is 8.74. The van der Waals surface area contributed by atoms with E-state index in [0.717, 1.165) is 68.1 Å². The summed E-state index contributed by atoms with van der Waals surface area (Å²) in [5.41, 5.74) is 2.20. The van der Waals surface area contributed by atoms with Crippen LogP contribution in [0.1, 0.15) is 25.1 Å². The van der Waals surface area contributed by atoms with E-state index in [2.05, 4.69) is 21.7 Å². The summed E-state index contributed by atoms with van der Waals surface area (Å²) in [6, 6.07) is 8.03. The van der Waals surface area contributed by atoms with Gasteiger partial charge in [-0.15, -0.1) is 0 Å². The van der Waals surface area contributed by atoms with Gasteiger partial charge in [0, 0.05) is 31.6 Å². The molecule has 1 aromatic heterocycles. The first kappa shape index (κ1) is 15.2. The number of nitrogens with zero attached hydrogens (tertiary/aromatic N) is 3. The Morgan fingerprint density at radius 1 is 1.21 bits per heavy atom. The Morgan fingerprint density at radius 3 is 2.67 bits per heavy atom. The lowest BCUT2D eigenvalue weighted by molar-refractivity contribution is -0.135. The molecule has 1 fully saturated rings.